The zero-order valence-electron chi connectivity index (χ0n) is 15.7. The molecule has 144 valence electrons. The molecule has 4 bridgehead atoms. The van der Waals surface area contributed by atoms with E-state index in [0.717, 1.165) is 42.6 Å². The van der Waals surface area contributed by atoms with Crippen LogP contribution in [0.3, 0.4) is 0 Å². The molecular formula is C22H28N2O2S. The number of imide groups is 1. The number of urea groups is 1. The summed E-state index contributed by atoms with van der Waals surface area (Å²) in [5.74, 6) is 2.75. The molecule has 1 unspecified atom stereocenters. The predicted molar refractivity (Wildman–Crippen MR) is 108 cm³/mol. The van der Waals surface area contributed by atoms with Crippen molar-refractivity contribution in [3.63, 3.8) is 0 Å². The molecule has 0 aromatic heterocycles. The number of rotatable bonds is 5. The lowest BCUT2D eigenvalue weighted by Gasteiger charge is -2.59. The van der Waals surface area contributed by atoms with E-state index >= 15 is 0 Å². The van der Waals surface area contributed by atoms with Gasteiger partial charge in [-0.1, -0.05) is 30.3 Å². The minimum atomic E-state index is -0.172. The highest BCUT2D eigenvalue weighted by molar-refractivity contribution is 7.80. The summed E-state index contributed by atoms with van der Waals surface area (Å²) >= 11 is 4.48. The summed E-state index contributed by atoms with van der Waals surface area (Å²) in [6.45, 7) is 0.268. The molecule has 1 saturated heterocycles. The van der Waals surface area contributed by atoms with Crippen molar-refractivity contribution in [2.45, 2.75) is 56.5 Å². The lowest BCUT2D eigenvalue weighted by Crippen LogP contribution is -2.61. The third-order valence-corrected chi connectivity index (χ3v) is 7.89. The number of nitrogens with zero attached hydrogens (tertiary/aromatic N) is 2. The number of hydrogen-bond acceptors (Lipinski definition) is 3. The van der Waals surface area contributed by atoms with Crippen LogP contribution in [0.5, 0.6) is 0 Å². The molecule has 4 aliphatic carbocycles. The Morgan fingerprint density at radius 3 is 2.15 bits per heavy atom. The Morgan fingerprint density at radius 1 is 1.00 bits per heavy atom. The van der Waals surface area contributed by atoms with Gasteiger partial charge < -0.3 is 4.90 Å². The number of amides is 3. The second-order valence-corrected chi connectivity index (χ2v) is 9.67. The monoisotopic (exact) mass is 384 g/mol. The molecule has 1 aromatic rings. The molecule has 0 radical (unpaired) electrons. The van der Waals surface area contributed by atoms with Crippen LogP contribution in [0.4, 0.5) is 4.79 Å². The zero-order valence-corrected chi connectivity index (χ0v) is 16.6. The molecule has 6 rings (SSSR count). The molecular weight excluding hydrogens is 356 g/mol. The van der Waals surface area contributed by atoms with Gasteiger partial charge in [-0.25, -0.2) is 4.79 Å². The van der Waals surface area contributed by atoms with Crippen LogP contribution in [0.1, 0.15) is 44.1 Å². The first kappa shape index (κ1) is 17.6. The fourth-order valence-electron chi connectivity index (χ4n) is 6.77. The van der Waals surface area contributed by atoms with E-state index in [-0.39, 0.29) is 30.1 Å². The van der Waals surface area contributed by atoms with Gasteiger partial charge in [-0.05, 0) is 68.3 Å². The van der Waals surface area contributed by atoms with Gasteiger partial charge in [-0.2, -0.15) is 12.6 Å². The second-order valence-electron chi connectivity index (χ2n) is 9.30. The number of benzene rings is 1. The Labute approximate surface area is 166 Å². The highest BCUT2D eigenvalue weighted by Crippen LogP contribution is 2.58. The van der Waals surface area contributed by atoms with Gasteiger partial charge in [0, 0.05) is 11.3 Å². The first-order chi connectivity index (χ1) is 13.1. The average Bonchev–Trinajstić information content (AvgIpc) is 2.95. The van der Waals surface area contributed by atoms with Gasteiger partial charge in [0.2, 0.25) is 0 Å². The maximum absolute atomic E-state index is 13.4. The number of hydrogen-bond donors (Lipinski definition) is 1. The van der Waals surface area contributed by atoms with Crippen LogP contribution >= 0.6 is 12.6 Å². The van der Waals surface area contributed by atoms with Crippen molar-refractivity contribution in [3.05, 3.63) is 35.9 Å². The van der Waals surface area contributed by atoms with E-state index in [1.807, 2.05) is 23.1 Å². The van der Waals surface area contributed by atoms with E-state index in [2.05, 4.69) is 24.8 Å². The molecule has 27 heavy (non-hydrogen) atoms. The van der Waals surface area contributed by atoms with Crippen LogP contribution in [-0.2, 0) is 11.2 Å². The molecule has 5 fully saturated rings. The first-order valence-electron chi connectivity index (χ1n) is 10.4. The fraction of sp³-hybridized carbons (Fsp3) is 0.636. The van der Waals surface area contributed by atoms with Crippen molar-refractivity contribution < 1.29 is 9.59 Å². The van der Waals surface area contributed by atoms with Crippen LogP contribution in [0.25, 0.3) is 0 Å². The molecule has 3 amide bonds. The predicted octanol–water partition coefficient (Wildman–Crippen LogP) is 3.76. The lowest BCUT2D eigenvalue weighted by molar-refractivity contribution is -0.127. The second kappa shape index (κ2) is 6.54. The normalized spacial score (nSPS) is 36.0. The van der Waals surface area contributed by atoms with E-state index in [0.29, 0.717) is 12.2 Å². The summed E-state index contributed by atoms with van der Waals surface area (Å²) < 4.78 is 0. The van der Waals surface area contributed by atoms with Gasteiger partial charge in [-0.15, -0.1) is 0 Å². The van der Waals surface area contributed by atoms with Gasteiger partial charge in [0.1, 0.15) is 6.54 Å². The summed E-state index contributed by atoms with van der Waals surface area (Å²) in [5.41, 5.74) is 1.09. The Hall–Kier alpha value is -1.49. The Kier molecular flexibility index (Phi) is 4.26. The highest BCUT2D eigenvalue weighted by Gasteiger charge is 2.58. The summed E-state index contributed by atoms with van der Waals surface area (Å²) in [7, 11) is 0. The number of thiol groups is 1. The van der Waals surface area contributed by atoms with E-state index in [9.17, 15) is 9.59 Å². The summed E-state index contributed by atoms with van der Waals surface area (Å²) in [6.07, 6.45) is 8.02. The van der Waals surface area contributed by atoms with Crippen LogP contribution < -0.4 is 0 Å². The lowest BCUT2D eigenvalue weighted by atomic mass is 9.52. The molecule has 5 heteroatoms. The Bertz CT molecular complexity index is 715. The van der Waals surface area contributed by atoms with E-state index in [1.165, 1.54) is 24.2 Å². The van der Waals surface area contributed by atoms with Crippen LogP contribution in [0.15, 0.2) is 30.3 Å². The standard InChI is InChI=1S/C22H28N2O2S/c25-20-13-23(22-10-16-6-17(11-22)8-18(7-16)12-22)21(26)24(20)19(14-27)9-15-4-2-1-3-5-15/h1-5,16-19,27H,6-14H2. The van der Waals surface area contributed by atoms with Crippen LogP contribution in [-0.4, -0.2) is 45.6 Å². The van der Waals surface area contributed by atoms with Crippen LogP contribution in [0.2, 0.25) is 0 Å². The van der Waals surface area contributed by atoms with Crippen molar-refractivity contribution >= 4 is 24.6 Å². The van der Waals surface area contributed by atoms with Crippen molar-refractivity contribution in [1.82, 2.24) is 9.80 Å². The van der Waals surface area contributed by atoms with Crippen molar-refractivity contribution in [2.75, 3.05) is 12.3 Å². The average molecular weight is 385 g/mol. The van der Waals surface area contributed by atoms with Gasteiger partial charge in [0.05, 0.1) is 6.04 Å². The van der Waals surface area contributed by atoms with Gasteiger partial charge in [-0.3, -0.25) is 9.69 Å². The first-order valence-corrected chi connectivity index (χ1v) is 11.0. The largest absolute Gasteiger partial charge is 0.327 e. The molecule has 4 nitrogen and oxygen atoms in total. The van der Waals surface area contributed by atoms with Crippen molar-refractivity contribution in [1.29, 1.82) is 0 Å². The Balaban J connectivity index is 1.38. The maximum Gasteiger partial charge on any atom is 0.327 e. The number of carbonyl (C=O) groups excluding carboxylic acids is 2. The molecule has 1 aromatic carbocycles. The highest BCUT2D eigenvalue weighted by atomic mass is 32.1. The zero-order chi connectivity index (χ0) is 18.6. The molecule has 4 saturated carbocycles. The maximum atomic E-state index is 13.4. The van der Waals surface area contributed by atoms with Gasteiger partial charge >= 0.3 is 6.03 Å². The SMILES string of the molecule is O=C1CN(C23CC4CC(CC(C4)C2)C3)C(=O)N1C(CS)Cc1ccccc1. The summed E-state index contributed by atoms with van der Waals surface area (Å²) in [5, 5.41) is 0. The fourth-order valence-corrected chi connectivity index (χ4v) is 7.06. The molecule has 0 N–H and O–H groups in total. The smallest absolute Gasteiger partial charge is 0.309 e. The molecule has 0 spiro atoms. The van der Waals surface area contributed by atoms with Crippen molar-refractivity contribution in [2.24, 2.45) is 17.8 Å². The third-order valence-electron chi connectivity index (χ3n) is 7.47. The third kappa shape index (κ3) is 2.89. The molecule has 5 aliphatic rings. The summed E-state index contributed by atoms with van der Waals surface area (Å²) in [4.78, 5) is 29.8. The molecule has 1 atom stereocenters. The van der Waals surface area contributed by atoms with Crippen LogP contribution in [0, 0.1) is 17.8 Å². The van der Waals surface area contributed by atoms with E-state index in [4.69, 9.17) is 0 Å². The molecule has 1 heterocycles. The summed E-state index contributed by atoms with van der Waals surface area (Å²) in [6, 6.07) is 9.86. The molecule has 1 aliphatic heterocycles. The van der Waals surface area contributed by atoms with E-state index < -0.39 is 0 Å². The quantitative estimate of drug-likeness (QED) is 0.620. The minimum absolute atomic E-state index is 0.0364. The van der Waals surface area contributed by atoms with E-state index in [1.54, 1.807) is 0 Å². The minimum Gasteiger partial charge on any atom is -0.309 e. The number of carbonyl (C=O) groups is 2. The van der Waals surface area contributed by atoms with Crippen molar-refractivity contribution in [3.8, 4) is 0 Å². The Morgan fingerprint density at radius 2 is 1.59 bits per heavy atom. The van der Waals surface area contributed by atoms with Gasteiger partial charge in [0.15, 0.2) is 0 Å². The van der Waals surface area contributed by atoms with Gasteiger partial charge in [0.25, 0.3) is 5.91 Å². The topological polar surface area (TPSA) is 40.6 Å².